The van der Waals surface area contributed by atoms with E-state index in [-0.39, 0.29) is 44.7 Å². The number of hydrogen-bond acceptors (Lipinski definition) is 7. The quantitative estimate of drug-likeness (QED) is 0.144. The molecule has 2 atom stereocenters. The van der Waals surface area contributed by atoms with E-state index in [4.69, 9.17) is 18.9 Å². The average molecular weight is 786 g/mol. The number of rotatable bonds is 12. The molecule has 1 fully saturated rings. The first-order chi connectivity index (χ1) is 14.8. The van der Waals surface area contributed by atoms with Crippen molar-refractivity contribution in [3.8, 4) is 5.75 Å². The molecule has 1 saturated heterocycles. The first-order valence-electron chi connectivity index (χ1n) is 10.2. The lowest BCUT2D eigenvalue weighted by Gasteiger charge is -2.31. The summed E-state index contributed by atoms with van der Waals surface area (Å²) in [6.07, 6.45) is -0.237. The maximum atomic E-state index is 12.6. The predicted octanol–water partition coefficient (Wildman–Crippen LogP) is 4.56. The summed E-state index contributed by atoms with van der Waals surface area (Å²) >= 11 is 6.68. The fourth-order valence-corrected chi connectivity index (χ4v) is 5.43. The Balaban J connectivity index is 1.76. The molecule has 0 bridgehead atoms. The lowest BCUT2D eigenvalue weighted by Crippen LogP contribution is -2.37. The van der Waals surface area contributed by atoms with E-state index in [1.807, 2.05) is 6.07 Å². The Kier molecular flexibility index (Phi) is 10.8. The zero-order chi connectivity index (χ0) is 24.1. The van der Waals surface area contributed by atoms with Crippen LogP contribution in [0.2, 0.25) is 0 Å². The molecule has 1 aliphatic heterocycles. The van der Waals surface area contributed by atoms with Gasteiger partial charge in [0.1, 0.15) is 25.1 Å². The van der Waals surface area contributed by atoms with Crippen molar-refractivity contribution in [1.82, 2.24) is 0 Å². The summed E-state index contributed by atoms with van der Waals surface area (Å²) in [7, 11) is 0. The fourth-order valence-electron chi connectivity index (χ4n) is 3.17. The SMILES string of the molecule is CC(C)(CC(C)(C)C(=O)OCC1CO1)C(=O)OCCC(O)COc1cc(I)cc(I)c1I. The Hall–Kier alpha value is 0.0700. The number of aliphatic hydroxyl groups is 1. The lowest BCUT2D eigenvalue weighted by atomic mass is 9.75. The molecule has 1 aromatic carbocycles. The summed E-state index contributed by atoms with van der Waals surface area (Å²) in [5.74, 6) is -0.0542. The van der Waals surface area contributed by atoms with E-state index in [2.05, 4.69) is 73.8 Å². The van der Waals surface area contributed by atoms with Crippen molar-refractivity contribution in [3.63, 3.8) is 0 Å². The number of ether oxygens (including phenoxy) is 4. The van der Waals surface area contributed by atoms with E-state index in [0.29, 0.717) is 6.61 Å². The Morgan fingerprint density at radius 1 is 1.12 bits per heavy atom. The molecule has 1 N–H and O–H groups in total. The second kappa shape index (κ2) is 12.2. The Morgan fingerprint density at radius 2 is 1.72 bits per heavy atom. The summed E-state index contributed by atoms with van der Waals surface area (Å²) < 4.78 is 24.6. The van der Waals surface area contributed by atoms with E-state index in [1.54, 1.807) is 27.7 Å². The van der Waals surface area contributed by atoms with Gasteiger partial charge in [0.15, 0.2) is 0 Å². The molecule has 0 spiro atoms. The highest BCUT2D eigenvalue weighted by Crippen LogP contribution is 2.36. The van der Waals surface area contributed by atoms with Crippen LogP contribution >= 0.6 is 67.8 Å². The second-order valence-corrected chi connectivity index (χ2v) is 12.6. The van der Waals surface area contributed by atoms with Crippen LogP contribution in [0.3, 0.4) is 0 Å². The van der Waals surface area contributed by atoms with Crippen LogP contribution in [-0.4, -0.2) is 55.7 Å². The molecule has 0 aliphatic carbocycles. The molecule has 1 aliphatic rings. The number of halogens is 3. The molecule has 10 heteroatoms. The van der Waals surface area contributed by atoms with Gasteiger partial charge in [-0.05, 0) is 114 Å². The number of epoxide rings is 1. The highest BCUT2D eigenvalue weighted by Gasteiger charge is 2.41. The van der Waals surface area contributed by atoms with Gasteiger partial charge in [0.2, 0.25) is 0 Å². The molecule has 7 nitrogen and oxygen atoms in total. The van der Waals surface area contributed by atoms with Crippen LogP contribution in [-0.2, 0) is 23.8 Å². The number of benzene rings is 1. The summed E-state index contributed by atoms with van der Waals surface area (Å²) in [6.45, 7) is 8.04. The average Bonchev–Trinajstić information content (AvgIpc) is 3.51. The number of esters is 2. The van der Waals surface area contributed by atoms with Gasteiger partial charge in [0.25, 0.3) is 0 Å². The second-order valence-electron chi connectivity index (χ2n) is 9.09. The van der Waals surface area contributed by atoms with Crippen LogP contribution < -0.4 is 4.74 Å². The highest BCUT2D eigenvalue weighted by atomic mass is 127. The number of carbonyl (C=O) groups excluding carboxylic acids is 2. The third-order valence-electron chi connectivity index (χ3n) is 4.87. The summed E-state index contributed by atoms with van der Waals surface area (Å²) in [5, 5.41) is 10.2. The van der Waals surface area contributed by atoms with Crippen molar-refractivity contribution >= 4 is 79.7 Å². The van der Waals surface area contributed by atoms with Crippen molar-refractivity contribution in [1.29, 1.82) is 0 Å². The van der Waals surface area contributed by atoms with Crippen LogP contribution in [0.25, 0.3) is 0 Å². The van der Waals surface area contributed by atoms with Crippen molar-refractivity contribution < 1.29 is 33.6 Å². The molecule has 1 aromatic rings. The van der Waals surface area contributed by atoms with Crippen LogP contribution in [0.4, 0.5) is 0 Å². The van der Waals surface area contributed by atoms with E-state index < -0.39 is 22.9 Å². The molecule has 2 rings (SSSR count). The standard InChI is InChI=1S/C22H29I3O7/c1-21(2,12-22(3,4)20(28)32-11-15-10-30-15)19(27)29-6-5-14(26)9-31-17-8-13(23)7-16(24)18(17)25/h7-8,14-15,26H,5-6,9-12H2,1-4H3. The molecule has 32 heavy (non-hydrogen) atoms. The van der Waals surface area contributed by atoms with E-state index >= 15 is 0 Å². The molecule has 0 saturated carbocycles. The van der Waals surface area contributed by atoms with Crippen LogP contribution in [0.5, 0.6) is 5.75 Å². The minimum Gasteiger partial charge on any atom is -0.490 e. The first-order valence-corrected chi connectivity index (χ1v) is 13.5. The minimum atomic E-state index is -0.881. The van der Waals surface area contributed by atoms with Crippen molar-refractivity contribution in [2.45, 2.75) is 52.7 Å². The molecule has 180 valence electrons. The van der Waals surface area contributed by atoms with Gasteiger partial charge in [-0.2, -0.15) is 0 Å². The van der Waals surface area contributed by atoms with Gasteiger partial charge >= 0.3 is 11.9 Å². The maximum Gasteiger partial charge on any atom is 0.311 e. The Bertz CT molecular complexity index is 822. The molecule has 0 amide bonds. The molecule has 0 aromatic heterocycles. The summed E-state index contributed by atoms with van der Waals surface area (Å²) in [5.41, 5.74) is -1.72. The molecular weight excluding hydrogens is 757 g/mol. The number of aliphatic hydroxyl groups excluding tert-OH is 1. The predicted molar refractivity (Wildman–Crippen MR) is 145 cm³/mol. The molecule has 1 heterocycles. The van der Waals surface area contributed by atoms with Gasteiger partial charge in [-0.3, -0.25) is 9.59 Å². The van der Waals surface area contributed by atoms with Gasteiger partial charge in [0.05, 0.1) is 33.7 Å². The normalized spacial score (nSPS) is 16.9. The minimum absolute atomic E-state index is 0.000682. The zero-order valence-electron chi connectivity index (χ0n) is 18.6. The molecular formula is C22H29I3O7. The monoisotopic (exact) mass is 786 g/mol. The third-order valence-corrected chi connectivity index (χ3v) is 8.49. The van der Waals surface area contributed by atoms with Gasteiger partial charge in [0, 0.05) is 13.6 Å². The van der Waals surface area contributed by atoms with E-state index in [1.165, 1.54) is 0 Å². The van der Waals surface area contributed by atoms with Gasteiger partial charge in [-0.1, -0.05) is 0 Å². The van der Waals surface area contributed by atoms with Crippen LogP contribution in [0.15, 0.2) is 12.1 Å². The van der Waals surface area contributed by atoms with Crippen LogP contribution in [0, 0.1) is 21.5 Å². The zero-order valence-corrected chi connectivity index (χ0v) is 25.1. The highest BCUT2D eigenvalue weighted by molar-refractivity contribution is 14.1. The van der Waals surface area contributed by atoms with E-state index in [9.17, 15) is 14.7 Å². The van der Waals surface area contributed by atoms with Gasteiger partial charge in [-0.25, -0.2) is 0 Å². The van der Waals surface area contributed by atoms with Gasteiger partial charge in [-0.15, -0.1) is 0 Å². The van der Waals surface area contributed by atoms with Crippen LogP contribution in [0.1, 0.15) is 40.5 Å². The third kappa shape index (κ3) is 9.02. The molecule has 2 unspecified atom stereocenters. The van der Waals surface area contributed by atoms with E-state index in [0.717, 1.165) is 16.5 Å². The van der Waals surface area contributed by atoms with Crippen molar-refractivity contribution in [3.05, 3.63) is 22.8 Å². The maximum absolute atomic E-state index is 12.6. The first kappa shape index (κ1) is 28.3. The molecule has 0 radical (unpaired) electrons. The topological polar surface area (TPSA) is 94.6 Å². The lowest BCUT2D eigenvalue weighted by molar-refractivity contribution is -0.162. The van der Waals surface area contributed by atoms with Gasteiger partial charge < -0.3 is 24.1 Å². The van der Waals surface area contributed by atoms with Crippen molar-refractivity contribution in [2.24, 2.45) is 10.8 Å². The van der Waals surface area contributed by atoms with Crippen molar-refractivity contribution in [2.75, 3.05) is 26.4 Å². The Morgan fingerprint density at radius 3 is 2.31 bits per heavy atom. The number of hydrogen-bond donors (Lipinski definition) is 1. The Labute approximate surface area is 230 Å². The fraction of sp³-hybridized carbons (Fsp3) is 0.636. The smallest absolute Gasteiger partial charge is 0.311 e. The summed E-state index contributed by atoms with van der Waals surface area (Å²) in [4.78, 5) is 25.0. The summed E-state index contributed by atoms with van der Waals surface area (Å²) in [6, 6.07) is 3.97. The largest absolute Gasteiger partial charge is 0.490 e. The number of carbonyl (C=O) groups is 2.